The van der Waals surface area contributed by atoms with Gasteiger partial charge >= 0.3 is 0 Å². The Labute approximate surface area is 270 Å². The minimum absolute atomic E-state index is 0.0362. The summed E-state index contributed by atoms with van der Waals surface area (Å²) in [5, 5.41) is 12.4. The van der Waals surface area contributed by atoms with Gasteiger partial charge in [-0.25, -0.2) is 0 Å². The fourth-order valence-corrected chi connectivity index (χ4v) is 7.25. The molecular weight excluding hydrogens is 585 g/mol. The molecule has 1 aromatic carbocycles. The topological polar surface area (TPSA) is 74.2 Å². The van der Waals surface area contributed by atoms with Crippen LogP contribution in [0.25, 0.3) is 0 Å². The molecule has 1 heterocycles. The van der Waals surface area contributed by atoms with Gasteiger partial charge in [0.25, 0.3) is 0 Å². The summed E-state index contributed by atoms with van der Waals surface area (Å²) in [5.41, 5.74) is 0.876. The van der Waals surface area contributed by atoms with Crippen molar-refractivity contribution in [3.8, 4) is 17.6 Å². The molecule has 44 heavy (non-hydrogen) atoms. The van der Waals surface area contributed by atoms with Gasteiger partial charge in [0.1, 0.15) is 17.6 Å². The molecule has 248 valence electrons. The summed E-state index contributed by atoms with van der Waals surface area (Å²) < 4.78 is 24.4. The quantitative estimate of drug-likeness (QED) is 0.183. The molecule has 1 saturated heterocycles. The highest BCUT2D eigenvalue weighted by Gasteiger charge is 2.41. The molecule has 0 unspecified atom stereocenters. The van der Waals surface area contributed by atoms with E-state index in [-0.39, 0.29) is 47.2 Å². The molecule has 8 atom stereocenters. The number of carbonyl (C=O) groups excluding carboxylic acids is 1. The van der Waals surface area contributed by atoms with Crippen LogP contribution in [-0.4, -0.2) is 59.3 Å². The summed E-state index contributed by atoms with van der Waals surface area (Å²) in [7, 11) is -1.89. The van der Waals surface area contributed by atoms with Crippen molar-refractivity contribution in [2.75, 3.05) is 13.7 Å². The minimum atomic E-state index is -2.08. The highest BCUT2D eigenvalue weighted by Crippen LogP contribution is 2.40. The van der Waals surface area contributed by atoms with Gasteiger partial charge < -0.3 is 23.7 Å². The third kappa shape index (κ3) is 10.7. The first-order chi connectivity index (χ1) is 20.2. The summed E-state index contributed by atoms with van der Waals surface area (Å²) in [5.74, 6) is 6.66. The molecule has 0 saturated carbocycles. The Morgan fingerprint density at radius 2 is 1.68 bits per heavy atom. The summed E-state index contributed by atoms with van der Waals surface area (Å²) >= 11 is 0. The van der Waals surface area contributed by atoms with E-state index in [1.165, 1.54) is 5.20 Å². The fourth-order valence-electron chi connectivity index (χ4n) is 5.04. The number of allylic oxidation sites excluding steroid dienone is 1. The number of rotatable bonds is 12. The molecule has 0 spiro atoms. The van der Waals surface area contributed by atoms with E-state index in [1.54, 1.807) is 7.11 Å². The number of aliphatic hydroxyl groups is 1. The summed E-state index contributed by atoms with van der Waals surface area (Å²) in [4.78, 5) is 13.3. The Kier molecular flexibility index (Phi) is 13.7. The monoisotopic (exact) mass is 644 g/mol. The maximum Gasteiger partial charge on any atom is 0.192 e. The summed E-state index contributed by atoms with van der Waals surface area (Å²) in [6, 6.07) is 7.56. The number of aliphatic hydroxyl groups excluding tert-OH is 1. The lowest BCUT2D eigenvalue weighted by molar-refractivity contribution is -0.247. The van der Waals surface area contributed by atoms with Crippen LogP contribution in [0.4, 0.5) is 0 Å². The van der Waals surface area contributed by atoms with Crippen LogP contribution in [0.3, 0.4) is 0 Å². The number of methoxy groups -OCH3 is 1. The van der Waals surface area contributed by atoms with E-state index < -0.39 is 34.7 Å². The van der Waals surface area contributed by atoms with Crippen LogP contribution in [0.5, 0.6) is 5.75 Å². The number of benzene rings is 1. The lowest BCUT2D eigenvalue weighted by atomic mass is 9.87. The zero-order chi connectivity index (χ0) is 33.6. The van der Waals surface area contributed by atoms with Crippen LogP contribution in [0, 0.1) is 35.5 Å². The zero-order valence-electron chi connectivity index (χ0n) is 29.9. The molecule has 1 aromatic rings. The van der Waals surface area contributed by atoms with E-state index in [1.807, 2.05) is 38.1 Å². The van der Waals surface area contributed by atoms with Gasteiger partial charge in [-0.05, 0) is 44.1 Å². The number of Topliss-reactive ketones (excluding diaryl/α,β-unsaturated/α-hetero) is 1. The Morgan fingerprint density at radius 1 is 1.09 bits per heavy atom. The lowest BCUT2D eigenvalue weighted by Gasteiger charge is -2.42. The molecule has 1 N–H and O–H groups in total. The van der Waals surface area contributed by atoms with Crippen molar-refractivity contribution in [3.63, 3.8) is 0 Å². The molecular formula is C36H60O6Si2. The summed E-state index contributed by atoms with van der Waals surface area (Å²) in [6.45, 7) is 29.3. The predicted molar refractivity (Wildman–Crippen MR) is 186 cm³/mol. The van der Waals surface area contributed by atoms with Crippen molar-refractivity contribution < 1.29 is 28.5 Å². The predicted octanol–water partition coefficient (Wildman–Crippen LogP) is 8.19. The Balaban J connectivity index is 2.16. The minimum Gasteiger partial charge on any atom is -0.497 e. The van der Waals surface area contributed by atoms with Gasteiger partial charge in [-0.15, -0.1) is 0 Å². The highest BCUT2D eigenvalue weighted by molar-refractivity contribution is 6.82. The van der Waals surface area contributed by atoms with E-state index in [4.69, 9.17) is 18.6 Å². The van der Waals surface area contributed by atoms with Crippen LogP contribution >= 0.6 is 0 Å². The second-order valence-electron chi connectivity index (χ2n) is 15.4. The van der Waals surface area contributed by atoms with E-state index in [9.17, 15) is 9.90 Å². The smallest absolute Gasteiger partial charge is 0.192 e. The van der Waals surface area contributed by atoms with E-state index in [2.05, 4.69) is 92.2 Å². The van der Waals surface area contributed by atoms with Gasteiger partial charge in [0, 0.05) is 35.7 Å². The normalized spacial score (nSPS) is 23.5. The number of hydrogen-bond acceptors (Lipinski definition) is 6. The van der Waals surface area contributed by atoms with E-state index >= 15 is 0 Å². The largest absolute Gasteiger partial charge is 0.497 e. The Bertz CT molecular complexity index is 1170. The first-order valence-corrected chi connectivity index (χ1v) is 22.6. The van der Waals surface area contributed by atoms with Crippen molar-refractivity contribution in [2.45, 2.75) is 124 Å². The van der Waals surface area contributed by atoms with Crippen molar-refractivity contribution in [3.05, 3.63) is 41.1 Å². The van der Waals surface area contributed by atoms with Gasteiger partial charge in [-0.3, -0.25) is 4.79 Å². The molecule has 0 aliphatic carbocycles. The Morgan fingerprint density at radius 3 is 2.20 bits per heavy atom. The molecule has 0 bridgehead atoms. The number of ketones is 1. The summed E-state index contributed by atoms with van der Waals surface area (Å²) in [6.07, 6.45) is 0.289. The molecule has 2 rings (SSSR count). The maximum atomic E-state index is 13.3. The van der Waals surface area contributed by atoms with E-state index in [0.717, 1.165) is 11.3 Å². The fraction of sp³-hybridized carbons (Fsp3) is 0.694. The van der Waals surface area contributed by atoms with Crippen molar-refractivity contribution in [2.24, 2.45) is 23.7 Å². The first kappa shape index (κ1) is 38.4. The van der Waals surface area contributed by atoms with Crippen LogP contribution in [-0.2, 0) is 18.7 Å². The van der Waals surface area contributed by atoms with Gasteiger partial charge in [-0.2, -0.15) is 0 Å². The molecule has 0 amide bonds. The van der Waals surface area contributed by atoms with Crippen molar-refractivity contribution in [1.82, 2.24) is 0 Å². The molecule has 0 radical (unpaired) electrons. The van der Waals surface area contributed by atoms with Crippen LogP contribution in [0.15, 0.2) is 35.5 Å². The lowest BCUT2D eigenvalue weighted by Crippen LogP contribution is -2.47. The van der Waals surface area contributed by atoms with Gasteiger partial charge in [0.05, 0.1) is 34.0 Å². The second-order valence-corrected chi connectivity index (χ2v) is 25.4. The van der Waals surface area contributed by atoms with E-state index in [0.29, 0.717) is 6.61 Å². The zero-order valence-corrected chi connectivity index (χ0v) is 31.9. The van der Waals surface area contributed by atoms with Gasteiger partial charge in [-0.1, -0.05) is 96.4 Å². The average Bonchev–Trinajstić information content (AvgIpc) is 2.93. The Hall–Kier alpha value is -1.74. The number of carbonyl (C=O) groups is 1. The second kappa shape index (κ2) is 15.7. The van der Waals surface area contributed by atoms with Crippen molar-refractivity contribution in [1.29, 1.82) is 0 Å². The third-order valence-corrected chi connectivity index (χ3v) is 16.6. The van der Waals surface area contributed by atoms with Crippen LogP contribution < -0.4 is 4.74 Å². The number of hydrogen-bond donors (Lipinski definition) is 1. The van der Waals surface area contributed by atoms with Crippen molar-refractivity contribution >= 4 is 22.2 Å². The van der Waals surface area contributed by atoms with Gasteiger partial charge in [0.2, 0.25) is 0 Å². The molecule has 6 nitrogen and oxygen atoms in total. The molecule has 8 heteroatoms. The SMILES string of the molecule is COc1ccc([C@H]2OC[C@H](C)[C@H]([C@@H](C)C(=O)C[C@H](O)C#C[C@H](C)[C@H](O[Si](C)(C)C(C)(C)C)[C@@H](C)/C=C(/C)[Si](C)(C)C)O2)cc1. The molecule has 1 aliphatic heterocycles. The highest BCUT2D eigenvalue weighted by atomic mass is 28.4. The molecule has 0 aromatic heterocycles. The van der Waals surface area contributed by atoms with Crippen LogP contribution in [0.1, 0.15) is 73.7 Å². The molecule has 1 fully saturated rings. The maximum absolute atomic E-state index is 13.3. The molecule has 1 aliphatic rings. The van der Waals surface area contributed by atoms with Crippen LogP contribution in [0.2, 0.25) is 37.8 Å². The first-order valence-electron chi connectivity index (χ1n) is 16.2. The third-order valence-electron chi connectivity index (χ3n) is 9.56. The van der Waals surface area contributed by atoms with Gasteiger partial charge in [0.15, 0.2) is 14.6 Å². The average molecular weight is 645 g/mol. The number of ether oxygens (including phenoxy) is 3. The standard InChI is InChI=1S/C36H60O6Si2/c1-24(33(42-44(13,14)36(6,7)8)25(2)21-27(4)43(10,11)12)15-18-30(37)22-32(38)28(5)34-26(3)23-40-35(41-34)29-16-19-31(39-9)20-17-29/h16-17,19-21,24-26,28,30,33-35,37H,22-23H2,1-14H3/b27-21-/t24-,25-,26-,28-,30+,33-,34+,35-/m0/s1.